The monoisotopic (exact) mass is 355 g/mol. The molecule has 1 atom stereocenters. The first-order valence-corrected chi connectivity index (χ1v) is 9.32. The van der Waals surface area contributed by atoms with Crippen molar-refractivity contribution in [1.82, 2.24) is 5.32 Å². The fraction of sp³-hybridized carbons (Fsp3) is 0.421. The van der Waals surface area contributed by atoms with E-state index in [0.29, 0.717) is 29.2 Å². The zero-order valence-corrected chi connectivity index (χ0v) is 14.5. The van der Waals surface area contributed by atoms with E-state index in [1.54, 1.807) is 12.1 Å². The summed E-state index contributed by atoms with van der Waals surface area (Å²) in [5.41, 5.74) is 0.783. The number of carbonyl (C=O) groups is 1. The average Bonchev–Trinajstić information content (AvgIpc) is 2.62. The molecule has 0 saturated heterocycles. The highest BCUT2D eigenvalue weighted by molar-refractivity contribution is 8.02. The van der Waals surface area contributed by atoms with E-state index in [9.17, 15) is 19.7 Å². The van der Waals surface area contributed by atoms with Gasteiger partial charge in [0, 0.05) is 11.2 Å². The molecule has 1 aromatic rings. The molecular formula is C19H18FN3OS. The summed E-state index contributed by atoms with van der Waals surface area (Å²) in [6, 6.07) is 10.6. The van der Waals surface area contributed by atoms with E-state index in [2.05, 4.69) is 17.5 Å². The first-order valence-electron chi connectivity index (χ1n) is 8.33. The highest BCUT2D eigenvalue weighted by atomic mass is 32.2. The molecule has 1 aliphatic heterocycles. The SMILES string of the molecule is N#CC1=C(SCc2ccc(F)cc2)NC(=O)[C@H](C#N)C12CCCCC2. The highest BCUT2D eigenvalue weighted by Crippen LogP contribution is 2.52. The van der Waals surface area contributed by atoms with Gasteiger partial charge in [0.15, 0.2) is 0 Å². The van der Waals surface area contributed by atoms with Gasteiger partial charge in [0.1, 0.15) is 11.7 Å². The molecule has 0 radical (unpaired) electrons. The van der Waals surface area contributed by atoms with Crippen molar-refractivity contribution in [1.29, 1.82) is 10.5 Å². The first kappa shape index (κ1) is 17.5. The molecule has 1 amide bonds. The summed E-state index contributed by atoms with van der Waals surface area (Å²) < 4.78 is 13.0. The minimum absolute atomic E-state index is 0.297. The molecule has 6 heteroatoms. The van der Waals surface area contributed by atoms with Gasteiger partial charge in [-0.15, -0.1) is 11.8 Å². The molecule has 1 N–H and O–H groups in total. The number of nitrogens with one attached hydrogen (secondary N) is 1. The van der Waals surface area contributed by atoms with Crippen LogP contribution in [0.15, 0.2) is 34.9 Å². The third-order valence-corrected chi connectivity index (χ3v) is 6.13. The number of nitriles is 2. The number of benzene rings is 1. The topological polar surface area (TPSA) is 76.7 Å². The molecule has 0 aromatic heterocycles. The average molecular weight is 355 g/mol. The van der Waals surface area contributed by atoms with Gasteiger partial charge in [-0.05, 0) is 30.5 Å². The second kappa shape index (κ2) is 7.29. The van der Waals surface area contributed by atoms with Crippen LogP contribution in [0.25, 0.3) is 0 Å². The van der Waals surface area contributed by atoms with Gasteiger partial charge < -0.3 is 5.32 Å². The molecule has 0 bridgehead atoms. The number of hydrogen-bond acceptors (Lipinski definition) is 4. The molecule has 1 fully saturated rings. The predicted molar refractivity (Wildman–Crippen MR) is 93.1 cm³/mol. The van der Waals surface area contributed by atoms with Gasteiger partial charge in [-0.2, -0.15) is 10.5 Å². The van der Waals surface area contributed by atoms with Crippen molar-refractivity contribution >= 4 is 17.7 Å². The Hall–Kier alpha value is -2.31. The number of allylic oxidation sites excluding steroid dienone is 1. The maximum atomic E-state index is 13.0. The lowest BCUT2D eigenvalue weighted by Crippen LogP contribution is -2.48. The van der Waals surface area contributed by atoms with Crippen LogP contribution < -0.4 is 5.32 Å². The second-order valence-electron chi connectivity index (χ2n) is 6.50. The van der Waals surface area contributed by atoms with E-state index in [0.717, 1.165) is 24.8 Å². The molecule has 0 unspecified atom stereocenters. The van der Waals surface area contributed by atoms with E-state index < -0.39 is 11.3 Å². The normalized spacial score (nSPS) is 22.2. The Morgan fingerprint density at radius 1 is 1.20 bits per heavy atom. The summed E-state index contributed by atoms with van der Waals surface area (Å²) in [6.07, 6.45) is 4.31. The van der Waals surface area contributed by atoms with Crippen LogP contribution in [0.4, 0.5) is 4.39 Å². The Bertz CT molecular complexity index is 782. The van der Waals surface area contributed by atoms with Crippen LogP contribution in [0.3, 0.4) is 0 Å². The molecule has 3 rings (SSSR count). The number of thioether (sulfide) groups is 1. The number of amides is 1. The quantitative estimate of drug-likeness (QED) is 0.888. The molecular weight excluding hydrogens is 337 g/mol. The summed E-state index contributed by atoms with van der Waals surface area (Å²) in [7, 11) is 0. The van der Waals surface area contributed by atoms with E-state index in [1.807, 2.05) is 0 Å². The third kappa shape index (κ3) is 3.27. The predicted octanol–water partition coefficient (Wildman–Crippen LogP) is 4.01. The lowest BCUT2D eigenvalue weighted by molar-refractivity contribution is -0.126. The van der Waals surface area contributed by atoms with Crippen LogP contribution in [-0.2, 0) is 10.5 Å². The van der Waals surface area contributed by atoms with Gasteiger partial charge in [0.25, 0.3) is 0 Å². The number of nitrogens with zero attached hydrogens (tertiary/aromatic N) is 2. The van der Waals surface area contributed by atoms with Gasteiger partial charge in [-0.3, -0.25) is 4.79 Å². The van der Waals surface area contributed by atoms with E-state index in [1.165, 1.54) is 23.9 Å². The third-order valence-electron chi connectivity index (χ3n) is 5.06. The smallest absolute Gasteiger partial charge is 0.243 e. The van der Waals surface area contributed by atoms with Crippen LogP contribution >= 0.6 is 11.8 Å². The van der Waals surface area contributed by atoms with Crippen molar-refractivity contribution in [2.45, 2.75) is 37.9 Å². The Morgan fingerprint density at radius 2 is 1.88 bits per heavy atom. The van der Waals surface area contributed by atoms with Crippen molar-refractivity contribution < 1.29 is 9.18 Å². The zero-order valence-electron chi connectivity index (χ0n) is 13.7. The molecule has 4 nitrogen and oxygen atoms in total. The van der Waals surface area contributed by atoms with E-state index >= 15 is 0 Å². The Kier molecular flexibility index (Phi) is 5.11. The fourth-order valence-electron chi connectivity index (χ4n) is 3.78. The van der Waals surface area contributed by atoms with Gasteiger partial charge in [-0.1, -0.05) is 31.4 Å². The summed E-state index contributed by atoms with van der Waals surface area (Å²) >= 11 is 1.37. The standard InChI is InChI=1S/C19H18FN3OS/c20-14-6-4-13(5-7-14)12-25-18-16(11-22)19(8-2-1-3-9-19)15(10-21)17(24)23-18/h4-7,15H,1-3,8-9,12H2,(H,23,24)/t15-/m0/s1. The van der Waals surface area contributed by atoms with Crippen molar-refractivity contribution in [3.8, 4) is 12.1 Å². The molecule has 2 aliphatic rings. The van der Waals surface area contributed by atoms with Crippen molar-refractivity contribution in [3.63, 3.8) is 0 Å². The Balaban J connectivity index is 1.92. The number of rotatable bonds is 3. The molecule has 1 aromatic carbocycles. The van der Waals surface area contributed by atoms with E-state index in [-0.39, 0.29) is 11.7 Å². The maximum absolute atomic E-state index is 13.0. The summed E-state index contributed by atoms with van der Waals surface area (Å²) in [6.45, 7) is 0. The fourth-order valence-corrected chi connectivity index (χ4v) is 4.85. The van der Waals surface area contributed by atoms with Crippen LogP contribution in [0.1, 0.15) is 37.7 Å². The molecule has 25 heavy (non-hydrogen) atoms. The second-order valence-corrected chi connectivity index (χ2v) is 7.48. The number of hydrogen-bond donors (Lipinski definition) is 1. The van der Waals surface area contributed by atoms with Crippen LogP contribution in [0.5, 0.6) is 0 Å². The largest absolute Gasteiger partial charge is 0.319 e. The lowest BCUT2D eigenvalue weighted by Gasteiger charge is -2.43. The minimum atomic E-state index is -0.808. The van der Waals surface area contributed by atoms with Crippen LogP contribution in [0.2, 0.25) is 0 Å². The molecule has 1 saturated carbocycles. The van der Waals surface area contributed by atoms with Gasteiger partial charge >= 0.3 is 0 Å². The minimum Gasteiger partial charge on any atom is -0.319 e. The van der Waals surface area contributed by atoms with Crippen LogP contribution in [-0.4, -0.2) is 5.91 Å². The highest BCUT2D eigenvalue weighted by Gasteiger charge is 2.51. The molecule has 1 heterocycles. The molecule has 1 spiro atoms. The Morgan fingerprint density at radius 3 is 2.48 bits per heavy atom. The van der Waals surface area contributed by atoms with Crippen molar-refractivity contribution in [2.75, 3.05) is 0 Å². The first-order chi connectivity index (χ1) is 12.1. The van der Waals surface area contributed by atoms with E-state index in [4.69, 9.17) is 0 Å². The maximum Gasteiger partial charge on any atom is 0.243 e. The summed E-state index contributed by atoms with van der Waals surface area (Å²) in [5.74, 6) is -0.897. The van der Waals surface area contributed by atoms with Gasteiger partial charge in [0.2, 0.25) is 5.91 Å². The summed E-state index contributed by atoms with van der Waals surface area (Å²) in [5, 5.41) is 22.6. The van der Waals surface area contributed by atoms with Crippen LogP contribution in [0, 0.1) is 39.8 Å². The Labute approximate surface area is 150 Å². The summed E-state index contributed by atoms with van der Waals surface area (Å²) in [4.78, 5) is 12.5. The van der Waals surface area contributed by atoms with Crippen molar-refractivity contribution in [2.24, 2.45) is 11.3 Å². The number of carbonyl (C=O) groups excluding carboxylic acids is 1. The zero-order chi connectivity index (χ0) is 17.9. The molecule has 1 aliphatic carbocycles. The number of halogens is 1. The lowest BCUT2D eigenvalue weighted by atomic mass is 9.61. The van der Waals surface area contributed by atoms with Gasteiger partial charge in [-0.25, -0.2) is 4.39 Å². The van der Waals surface area contributed by atoms with Crippen molar-refractivity contribution in [3.05, 3.63) is 46.2 Å². The molecule has 128 valence electrons. The van der Waals surface area contributed by atoms with Gasteiger partial charge in [0.05, 0.1) is 22.7 Å².